The first-order valence-corrected chi connectivity index (χ1v) is 4.93. The molecule has 74 valence electrons. The fourth-order valence-electron chi connectivity index (χ4n) is 0.999. The first-order chi connectivity index (χ1) is 5.70. The van der Waals surface area contributed by atoms with Gasteiger partial charge in [0.1, 0.15) is 0 Å². The van der Waals surface area contributed by atoms with Gasteiger partial charge in [-0.2, -0.15) is 0 Å². The van der Waals surface area contributed by atoms with Gasteiger partial charge in [0.25, 0.3) is 0 Å². The van der Waals surface area contributed by atoms with Gasteiger partial charge < -0.3 is 9.47 Å². The monoisotopic (exact) mass is 174 g/mol. The molecule has 2 nitrogen and oxygen atoms in total. The van der Waals surface area contributed by atoms with Crippen LogP contribution in [0, 0.1) is 11.8 Å². The van der Waals surface area contributed by atoms with E-state index in [4.69, 9.17) is 9.47 Å². The maximum Gasteiger partial charge on any atom is 0.154 e. The largest absolute Gasteiger partial charge is 0.353 e. The van der Waals surface area contributed by atoms with Crippen LogP contribution < -0.4 is 0 Å². The van der Waals surface area contributed by atoms with Crippen molar-refractivity contribution in [2.45, 2.75) is 40.9 Å². The Morgan fingerprint density at radius 1 is 1.08 bits per heavy atom. The first-order valence-electron chi connectivity index (χ1n) is 4.93. The third kappa shape index (κ3) is 4.07. The lowest BCUT2D eigenvalue weighted by molar-refractivity contribution is -0.196. The zero-order valence-electron chi connectivity index (χ0n) is 8.96. The summed E-state index contributed by atoms with van der Waals surface area (Å²) in [7, 11) is 0. The average Bonchev–Trinajstić information content (AvgIpc) is 2.09. The van der Waals surface area contributed by atoms with Crippen LogP contribution in [0.15, 0.2) is 0 Å². The topological polar surface area (TPSA) is 18.5 Å². The van der Waals surface area contributed by atoms with Crippen LogP contribution >= 0.6 is 0 Å². The Morgan fingerprint density at radius 2 is 1.50 bits per heavy atom. The van der Waals surface area contributed by atoms with Gasteiger partial charge >= 0.3 is 0 Å². The normalized spacial score (nSPS) is 29.5. The van der Waals surface area contributed by atoms with Gasteiger partial charge in [-0.3, -0.25) is 0 Å². The minimum atomic E-state index is 0.00926. The van der Waals surface area contributed by atoms with Crippen LogP contribution in [-0.2, 0) is 9.47 Å². The third-order valence-electron chi connectivity index (χ3n) is 2.03. The van der Waals surface area contributed by atoms with Crippen LogP contribution in [0.1, 0.15) is 34.6 Å². The predicted octanol–water partition coefficient (Wildman–Crippen LogP) is 2.68. The van der Waals surface area contributed by atoms with Crippen LogP contribution in [0.25, 0.3) is 0 Å². The maximum atomic E-state index is 5.33. The molecule has 1 heterocycles. The molecule has 0 radical (unpaired) electrons. The molecular formula is C10H22O2. The van der Waals surface area contributed by atoms with Crippen molar-refractivity contribution < 1.29 is 9.47 Å². The molecule has 0 saturated carbocycles. The SMILES string of the molecule is CC.CC1OCC(C(C)C)CO1. The summed E-state index contributed by atoms with van der Waals surface area (Å²) in [5.41, 5.74) is 0. The van der Waals surface area contributed by atoms with E-state index in [9.17, 15) is 0 Å². The van der Waals surface area contributed by atoms with Crippen molar-refractivity contribution in [3.63, 3.8) is 0 Å². The standard InChI is InChI=1S/C8H16O2.C2H6/c1-6(2)8-4-9-7(3)10-5-8;1-2/h6-8H,4-5H2,1-3H3;1-2H3. The molecule has 1 aliphatic heterocycles. The second kappa shape index (κ2) is 6.44. The number of hydrogen-bond acceptors (Lipinski definition) is 2. The summed E-state index contributed by atoms with van der Waals surface area (Å²) in [6.07, 6.45) is 0.00926. The molecule has 0 amide bonds. The van der Waals surface area contributed by atoms with Crippen molar-refractivity contribution in [1.82, 2.24) is 0 Å². The van der Waals surface area contributed by atoms with Gasteiger partial charge in [0.15, 0.2) is 6.29 Å². The van der Waals surface area contributed by atoms with Crippen molar-refractivity contribution in [1.29, 1.82) is 0 Å². The highest BCUT2D eigenvalue weighted by molar-refractivity contribution is 4.64. The molecular weight excluding hydrogens is 152 g/mol. The zero-order chi connectivity index (χ0) is 9.56. The van der Waals surface area contributed by atoms with Crippen LogP contribution in [0.5, 0.6) is 0 Å². The second-order valence-corrected chi connectivity index (χ2v) is 3.24. The molecule has 0 spiro atoms. The highest BCUT2D eigenvalue weighted by Crippen LogP contribution is 2.17. The molecule has 0 aromatic rings. The van der Waals surface area contributed by atoms with Gasteiger partial charge in [-0.1, -0.05) is 27.7 Å². The maximum absolute atomic E-state index is 5.33. The predicted molar refractivity (Wildman–Crippen MR) is 51.0 cm³/mol. The highest BCUT2D eigenvalue weighted by atomic mass is 16.7. The Hall–Kier alpha value is -0.0800. The van der Waals surface area contributed by atoms with Crippen LogP contribution in [0.2, 0.25) is 0 Å². The second-order valence-electron chi connectivity index (χ2n) is 3.24. The quantitative estimate of drug-likeness (QED) is 0.608. The van der Waals surface area contributed by atoms with Crippen molar-refractivity contribution in [2.75, 3.05) is 13.2 Å². The Bertz CT molecular complexity index is 94.0. The molecule has 1 aliphatic rings. The summed E-state index contributed by atoms with van der Waals surface area (Å²) in [5.74, 6) is 1.27. The summed E-state index contributed by atoms with van der Waals surface area (Å²) in [6, 6.07) is 0. The molecule has 12 heavy (non-hydrogen) atoms. The molecule has 0 bridgehead atoms. The summed E-state index contributed by atoms with van der Waals surface area (Å²) >= 11 is 0. The van der Waals surface area contributed by atoms with E-state index in [1.54, 1.807) is 0 Å². The average molecular weight is 174 g/mol. The van der Waals surface area contributed by atoms with E-state index in [-0.39, 0.29) is 6.29 Å². The van der Waals surface area contributed by atoms with E-state index in [1.807, 2.05) is 20.8 Å². The summed E-state index contributed by atoms with van der Waals surface area (Å²) < 4.78 is 10.7. The molecule has 0 unspecified atom stereocenters. The van der Waals surface area contributed by atoms with Gasteiger partial charge in [-0.25, -0.2) is 0 Å². The Kier molecular flexibility index (Phi) is 6.39. The van der Waals surface area contributed by atoms with E-state index >= 15 is 0 Å². The number of rotatable bonds is 1. The molecule has 1 saturated heterocycles. The smallest absolute Gasteiger partial charge is 0.154 e. The summed E-state index contributed by atoms with van der Waals surface area (Å²) in [5, 5.41) is 0. The van der Waals surface area contributed by atoms with E-state index in [0.29, 0.717) is 11.8 Å². The molecule has 2 heteroatoms. The minimum absolute atomic E-state index is 0.00926. The lowest BCUT2D eigenvalue weighted by Gasteiger charge is -2.29. The Labute approximate surface area is 76.3 Å². The first kappa shape index (κ1) is 11.9. The summed E-state index contributed by atoms with van der Waals surface area (Å²) in [4.78, 5) is 0. The lowest BCUT2D eigenvalue weighted by Crippen LogP contribution is -2.32. The van der Waals surface area contributed by atoms with Gasteiger partial charge in [0, 0.05) is 5.92 Å². The van der Waals surface area contributed by atoms with Gasteiger partial charge in [-0.15, -0.1) is 0 Å². The number of ether oxygens (including phenoxy) is 2. The zero-order valence-corrected chi connectivity index (χ0v) is 8.96. The molecule has 0 N–H and O–H groups in total. The molecule has 0 aromatic carbocycles. The van der Waals surface area contributed by atoms with Crippen molar-refractivity contribution in [2.24, 2.45) is 11.8 Å². The van der Waals surface area contributed by atoms with E-state index in [0.717, 1.165) is 13.2 Å². The van der Waals surface area contributed by atoms with Crippen LogP contribution in [-0.4, -0.2) is 19.5 Å². The van der Waals surface area contributed by atoms with Gasteiger partial charge in [0.05, 0.1) is 13.2 Å². The lowest BCUT2D eigenvalue weighted by atomic mass is 9.97. The molecule has 1 fully saturated rings. The fourth-order valence-corrected chi connectivity index (χ4v) is 0.999. The van der Waals surface area contributed by atoms with Crippen LogP contribution in [0.4, 0.5) is 0 Å². The van der Waals surface area contributed by atoms with Crippen LogP contribution in [0.3, 0.4) is 0 Å². The summed E-state index contributed by atoms with van der Waals surface area (Å²) in [6.45, 7) is 12.1. The van der Waals surface area contributed by atoms with Crippen molar-refractivity contribution in [3.8, 4) is 0 Å². The van der Waals surface area contributed by atoms with Gasteiger partial charge in [0.2, 0.25) is 0 Å². The third-order valence-corrected chi connectivity index (χ3v) is 2.03. The Balaban J connectivity index is 0.000000561. The molecule has 0 aromatic heterocycles. The minimum Gasteiger partial charge on any atom is -0.353 e. The van der Waals surface area contributed by atoms with Crippen molar-refractivity contribution >= 4 is 0 Å². The van der Waals surface area contributed by atoms with E-state index in [1.165, 1.54) is 0 Å². The fraction of sp³-hybridized carbons (Fsp3) is 1.00. The molecule has 1 rings (SSSR count). The Morgan fingerprint density at radius 3 is 1.83 bits per heavy atom. The van der Waals surface area contributed by atoms with E-state index in [2.05, 4.69) is 13.8 Å². The van der Waals surface area contributed by atoms with E-state index < -0.39 is 0 Å². The van der Waals surface area contributed by atoms with Crippen molar-refractivity contribution in [3.05, 3.63) is 0 Å². The molecule has 0 aliphatic carbocycles. The highest BCUT2D eigenvalue weighted by Gasteiger charge is 2.21. The van der Waals surface area contributed by atoms with Gasteiger partial charge in [-0.05, 0) is 12.8 Å². The molecule has 0 atom stereocenters. The number of hydrogen-bond donors (Lipinski definition) is 0.